The maximum Gasteiger partial charge on any atom is 0.0337 e. The summed E-state index contributed by atoms with van der Waals surface area (Å²) in [5.74, 6) is 1.76. The Kier molecular flexibility index (Phi) is 4.48. The molecule has 2 aliphatic rings. The van der Waals surface area contributed by atoms with E-state index in [0.717, 1.165) is 18.4 Å². The molecule has 2 N–H and O–H groups in total. The zero-order valence-corrected chi connectivity index (χ0v) is 11.8. The van der Waals surface area contributed by atoms with Gasteiger partial charge in [0.05, 0.1) is 0 Å². The largest absolute Gasteiger partial charge is 0.329 e. The van der Waals surface area contributed by atoms with Gasteiger partial charge in [0.2, 0.25) is 0 Å². The Balaban J connectivity index is 1.93. The molecule has 1 aliphatic carbocycles. The van der Waals surface area contributed by atoms with Crippen molar-refractivity contribution in [3.05, 3.63) is 0 Å². The molecule has 0 amide bonds. The third-order valence-electron chi connectivity index (χ3n) is 5.13. The maximum atomic E-state index is 6.11. The second-order valence-corrected chi connectivity index (χ2v) is 6.60. The summed E-state index contributed by atoms with van der Waals surface area (Å²) >= 11 is 0. The van der Waals surface area contributed by atoms with Gasteiger partial charge in [-0.1, -0.05) is 33.1 Å². The van der Waals surface area contributed by atoms with Crippen LogP contribution in [0.1, 0.15) is 58.8 Å². The van der Waals surface area contributed by atoms with Gasteiger partial charge in [0, 0.05) is 12.1 Å². The molecule has 1 heterocycles. The van der Waals surface area contributed by atoms with Crippen molar-refractivity contribution in [2.75, 3.05) is 19.6 Å². The van der Waals surface area contributed by atoms with E-state index in [9.17, 15) is 0 Å². The van der Waals surface area contributed by atoms with Crippen LogP contribution in [0.5, 0.6) is 0 Å². The summed E-state index contributed by atoms with van der Waals surface area (Å²) in [6.07, 6.45) is 9.75. The van der Waals surface area contributed by atoms with Gasteiger partial charge in [-0.2, -0.15) is 0 Å². The lowest BCUT2D eigenvalue weighted by Crippen LogP contribution is -2.63. The first-order valence-electron chi connectivity index (χ1n) is 7.63. The molecule has 0 aromatic rings. The average Bonchev–Trinajstić information content (AvgIpc) is 2.18. The molecular formula is C15H30N2. The zero-order valence-electron chi connectivity index (χ0n) is 11.8. The fourth-order valence-corrected chi connectivity index (χ4v) is 3.66. The van der Waals surface area contributed by atoms with Crippen molar-refractivity contribution in [2.24, 2.45) is 17.6 Å². The summed E-state index contributed by atoms with van der Waals surface area (Å²) in [5, 5.41) is 0. The number of hydrogen-bond acceptors (Lipinski definition) is 2. The number of nitrogens with zero attached hydrogens (tertiary/aromatic N) is 1. The minimum absolute atomic E-state index is 0.381. The third kappa shape index (κ3) is 2.85. The lowest BCUT2D eigenvalue weighted by atomic mass is 9.63. The summed E-state index contributed by atoms with van der Waals surface area (Å²) in [5.41, 5.74) is 6.49. The van der Waals surface area contributed by atoms with Gasteiger partial charge < -0.3 is 5.73 Å². The van der Waals surface area contributed by atoms with Crippen LogP contribution in [0.3, 0.4) is 0 Å². The second-order valence-electron chi connectivity index (χ2n) is 6.60. The molecule has 1 saturated carbocycles. The minimum Gasteiger partial charge on any atom is -0.329 e. The van der Waals surface area contributed by atoms with Crippen molar-refractivity contribution in [1.29, 1.82) is 0 Å². The minimum atomic E-state index is 0.381. The molecule has 2 rings (SSSR count). The van der Waals surface area contributed by atoms with Crippen molar-refractivity contribution in [3.8, 4) is 0 Å². The van der Waals surface area contributed by atoms with Crippen LogP contribution in [0, 0.1) is 11.8 Å². The van der Waals surface area contributed by atoms with E-state index in [1.54, 1.807) is 0 Å². The van der Waals surface area contributed by atoms with E-state index in [4.69, 9.17) is 5.73 Å². The molecule has 1 saturated heterocycles. The summed E-state index contributed by atoms with van der Waals surface area (Å²) in [6, 6.07) is 0. The van der Waals surface area contributed by atoms with Crippen molar-refractivity contribution in [3.63, 3.8) is 0 Å². The zero-order chi connectivity index (χ0) is 12.3. The summed E-state index contributed by atoms with van der Waals surface area (Å²) in [7, 11) is 0. The van der Waals surface area contributed by atoms with Gasteiger partial charge in [-0.3, -0.25) is 4.90 Å². The molecule has 17 heavy (non-hydrogen) atoms. The van der Waals surface area contributed by atoms with Crippen LogP contribution in [0.25, 0.3) is 0 Å². The van der Waals surface area contributed by atoms with Crippen molar-refractivity contribution < 1.29 is 0 Å². The van der Waals surface area contributed by atoms with Gasteiger partial charge in [-0.05, 0) is 50.6 Å². The number of nitrogens with two attached hydrogens (primary N) is 1. The predicted molar refractivity (Wildman–Crippen MR) is 74.0 cm³/mol. The molecule has 1 aliphatic heterocycles. The Bertz CT molecular complexity index is 223. The Hall–Kier alpha value is -0.0800. The van der Waals surface area contributed by atoms with E-state index in [-0.39, 0.29) is 0 Å². The van der Waals surface area contributed by atoms with Gasteiger partial charge in [-0.15, -0.1) is 0 Å². The summed E-state index contributed by atoms with van der Waals surface area (Å²) in [6.45, 7) is 8.18. The van der Waals surface area contributed by atoms with Crippen LogP contribution in [0.15, 0.2) is 0 Å². The van der Waals surface area contributed by atoms with Crippen molar-refractivity contribution in [2.45, 2.75) is 64.3 Å². The highest BCUT2D eigenvalue weighted by Crippen LogP contribution is 2.45. The standard InChI is InChI=1S/C15H30N2/c1-13(2)14-10-15(11-14,12-16)17-8-6-4-3-5-7-9-17/h13-14H,3-12,16H2,1-2H3. The predicted octanol–water partition coefficient (Wildman–Crippen LogP) is 3.02. The average molecular weight is 238 g/mol. The van der Waals surface area contributed by atoms with E-state index >= 15 is 0 Å². The number of hydrogen-bond donors (Lipinski definition) is 1. The first kappa shape index (κ1) is 13.4. The van der Waals surface area contributed by atoms with Crippen LogP contribution < -0.4 is 5.73 Å². The second kappa shape index (κ2) is 5.71. The molecule has 0 bridgehead atoms. The topological polar surface area (TPSA) is 29.3 Å². The molecule has 0 atom stereocenters. The molecule has 2 nitrogen and oxygen atoms in total. The van der Waals surface area contributed by atoms with Crippen LogP contribution in [0.2, 0.25) is 0 Å². The van der Waals surface area contributed by atoms with Gasteiger partial charge in [-0.25, -0.2) is 0 Å². The lowest BCUT2D eigenvalue weighted by Gasteiger charge is -2.56. The van der Waals surface area contributed by atoms with Gasteiger partial charge in [0.25, 0.3) is 0 Å². The quantitative estimate of drug-likeness (QED) is 0.819. The van der Waals surface area contributed by atoms with Crippen LogP contribution in [0.4, 0.5) is 0 Å². The molecule has 0 unspecified atom stereocenters. The van der Waals surface area contributed by atoms with Crippen molar-refractivity contribution in [1.82, 2.24) is 4.90 Å². The van der Waals surface area contributed by atoms with Gasteiger partial charge in [0.1, 0.15) is 0 Å². The molecule has 0 aromatic carbocycles. The van der Waals surface area contributed by atoms with Crippen LogP contribution in [-0.2, 0) is 0 Å². The first-order chi connectivity index (χ1) is 8.18. The monoisotopic (exact) mass is 238 g/mol. The summed E-state index contributed by atoms with van der Waals surface area (Å²) < 4.78 is 0. The van der Waals surface area contributed by atoms with E-state index < -0.39 is 0 Å². The van der Waals surface area contributed by atoms with Gasteiger partial charge in [0.15, 0.2) is 0 Å². The highest BCUT2D eigenvalue weighted by atomic mass is 15.2. The third-order valence-corrected chi connectivity index (χ3v) is 5.13. The molecule has 0 radical (unpaired) electrons. The fraction of sp³-hybridized carbons (Fsp3) is 1.00. The van der Waals surface area contributed by atoms with E-state index in [1.807, 2.05) is 0 Å². The Morgan fingerprint density at radius 3 is 2.06 bits per heavy atom. The first-order valence-corrected chi connectivity index (χ1v) is 7.63. The van der Waals surface area contributed by atoms with Crippen LogP contribution in [-0.4, -0.2) is 30.1 Å². The van der Waals surface area contributed by atoms with E-state index in [2.05, 4.69) is 18.7 Å². The SMILES string of the molecule is CC(C)C1CC(CN)(N2CCCCCCC2)C1. The van der Waals surface area contributed by atoms with E-state index in [1.165, 1.54) is 58.0 Å². The summed E-state index contributed by atoms with van der Waals surface area (Å²) in [4.78, 5) is 2.74. The van der Waals surface area contributed by atoms with E-state index in [0.29, 0.717) is 5.54 Å². The molecule has 0 aromatic heterocycles. The Morgan fingerprint density at radius 1 is 1.06 bits per heavy atom. The molecule has 100 valence electrons. The van der Waals surface area contributed by atoms with Gasteiger partial charge >= 0.3 is 0 Å². The number of likely N-dealkylation sites (tertiary alicyclic amines) is 1. The molecule has 2 heteroatoms. The highest BCUT2D eigenvalue weighted by molar-refractivity contribution is 5.04. The Labute approximate surface area is 107 Å². The molecular weight excluding hydrogens is 208 g/mol. The molecule has 2 fully saturated rings. The number of rotatable bonds is 3. The van der Waals surface area contributed by atoms with Crippen molar-refractivity contribution >= 4 is 0 Å². The maximum absolute atomic E-state index is 6.11. The smallest absolute Gasteiger partial charge is 0.0337 e. The lowest BCUT2D eigenvalue weighted by molar-refractivity contribution is -0.0387. The normalized spacial score (nSPS) is 36.4. The Morgan fingerprint density at radius 2 is 1.59 bits per heavy atom. The molecule has 0 spiro atoms. The van der Waals surface area contributed by atoms with Crippen LogP contribution >= 0.6 is 0 Å². The fourth-order valence-electron chi connectivity index (χ4n) is 3.66. The highest BCUT2D eigenvalue weighted by Gasteiger charge is 2.47.